The number of halogens is 3. The van der Waals surface area contributed by atoms with E-state index in [1.54, 1.807) is 4.90 Å². The summed E-state index contributed by atoms with van der Waals surface area (Å²) in [6.07, 6.45) is -3.38. The fourth-order valence-corrected chi connectivity index (χ4v) is 3.16. The average Bonchev–Trinajstić information content (AvgIpc) is 2.61. The van der Waals surface area contributed by atoms with E-state index in [2.05, 4.69) is 4.98 Å². The van der Waals surface area contributed by atoms with E-state index in [-0.39, 0.29) is 5.91 Å². The third-order valence-corrected chi connectivity index (χ3v) is 4.64. The second-order valence-electron chi connectivity index (χ2n) is 6.56. The standard InChI is InChI=1S/C19H20F3N3O/c1-13-3-5-16(14(2)11-13)18(26)25-9-7-24(8-10-25)17-6-4-15(12-23-17)19(20,21)22/h3-6,11-12H,7-10H2,1-2H3/p+1. The number of pyridine rings is 1. The number of alkyl halides is 3. The number of benzene rings is 1. The van der Waals surface area contributed by atoms with E-state index < -0.39 is 11.7 Å². The van der Waals surface area contributed by atoms with Crippen LogP contribution in [0.15, 0.2) is 36.5 Å². The second-order valence-corrected chi connectivity index (χ2v) is 6.56. The molecule has 1 aromatic carbocycles. The van der Waals surface area contributed by atoms with Crippen LogP contribution >= 0.6 is 0 Å². The number of nitrogens with one attached hydrogen (secondary N) is 1. The lowest BCUT2D eigenvalue weighted by Gasteiger charge is -2.31. The first kappa shape index (κ1) is 18.2. The van der Waals surface area contributed by atoms with Crippen LogP contribution in [0.1, 0.15) is 27.0 Å². The number of rotatable bonds is 2. The number of anilines is 1. The number of carbonyl (C=O) groups excluding carboxylic acids is 1. The van der Waals surface area contributed by atoms with E-state index in [0.29, 0.717) is 37.6 Å². The van der Waals surface area contributed by atoms with Gasteiger partial charge in [0.1, 0.15) is 19.3 Å². The first-order valence-electron chi connectivity index (χ1n) is 8.46. The second kappa shape index (κ2) is 6.97. The average molecular weight is 364 g/mol. The number of carbonyl (C=O) groups is 1. The molecule has 4 nitrogen and oxygen atoms in total. The number of aryl methyl sites for hydroxylation is 2. The number of hydrogen-bond donors (Lipinski definition) is 0. The molecule has 26 heavy (non-hydrogen) atoms. The molecule has 1 fully saturated rings. The lowest BCUT2D eigenvalue weighted by molar-refractivity contribution is -0.367. The zero-order valence-corrected chi connectivity index (χ0v) is 14.7. The predicted molar refractivity (Wildman–Crippen MR) is 92.0 cm³/mol. The molecule has 0 spiro atoms. The summed E-state index contributed by atoms with van der Waals surface area (Å²) in [5.74, 6) is 0.621. The Hall–Kier alpha value is -2.57. The van der Waals surface area contributed by atoms with Crippen molar-refractivity contribution in [3.8, 4) is 0 Å². The molecule has 2 aromatic rings. The molecular weight excluding hydrogens is 343 g/mol. The Bertz CT molecular complexity index is 795. The molecule has 0 atom stereocenters. The molecule has 3 rings (SSSR count). The van der Waals surface area contributed by atoms with Crippen molar-refractivity contribution in [2.75, 3.05) is 31.1 Å². The van der Waals surface area contributed by atoms with Crippen LogP contribution in [0.25, 0.3) is 0 Å². The maximum absolute atomic E-state index is 12.7. The first-order valence-corrected chi connectivity index (χ1v) is 8.46. The Morgan fingerprint density at radius 2 is 1.73 bits per heavy atom. The van der Waals surface area contributed by atoms with Crippen molar-refractivity contribution in [3.63, 3.8) is 0 Å². The van der Waals surface area contributed by atoms with Gasteiger partial charge in [0.05, 0.1) is 18.7 Å². The summed E-state index contributed by atoms with van der Waals surface area (Å²) in [5.41, 5.74) is 2.06. The molecule has 0 aliphatic carbocycles. The van der Waals surface area contributed by atoms with Crippen molar-refractivity contribution < 1.29 is 22.9 Å². The van der Waals surface area contributed by atoms with Gasteiger partial charge < -0.3 is 4.90 Å². The largest absolute Gasteiger partial charge is 0.419 e. The van der Waals surface area contributed by atoms with Crippen molar-refractivity contribution in [1.29, 1.82) is 0 Å². The highest BCUT2D eigenvalue weighted by molar-refractivity contribution is 5.95. The van der Waals surface area contributed by atoms with E-state index in [1.807, 2.05) is 36.9 Å². The van der Waals surface area contributed by atoms with Crippen molar-refractivity contribution in [2.24, 2.45) is 0 Å². The smallest absolute Gasteiger partial charge is 0.331 e. The summed E-state index contributed by atoms with van der Waals surface area (Å²) in [6.45, 7) is 6.10. The van der Waals surface area contributed by atoms with Crippen LogP contribution < -0.4 is 9.88 Å². The summed E-state index contributed by atoms with van der Waals surface area (Å²) in [4.78, 5) is 19.2. The molecule has 1 amide bonds. The minimum atomic E-state index is -4.36. The topological polar surface area (TPSA) is 37.7 Å². The monoisotopic (exact) mass is 364 g/mol. The van der Waals surface area contributed by atoms with Crippen LogP contribution in [-0.2, 0) is 6.18 Å². The van der Waals surface area contributed by atoms with Gasteiger partial charge >= 0.3 is 6.18 Å². The van der Waals surface area contributed by atoms with Crippen LogP contribution in [0, 0.1) is 13.8 Å². The van der Waals surface area contributed by atoms with E-state index in [1.165, 1.54) is 6.07 Å². The Kier molecular flexibility index (Phi) is 4.89. The van der Waals surface area contributed by atoms with Crippen molar-refractivity contribution >= 4 is 11.7 Å². The minimum absolute atomic E-state index is 0.00134. The molecule has 138 valence electrons. The molecule has 1 saturated heterocycles. The molecule has 7 heteroatoms. The highest BCUT2D eigenvalue weighted by Gasteiger charge is 2.33. The van der Waals surface area contributed by atoms with E-state index in [9.17, 15) is 18.0 Å². The SMILES string of the molecule is Cc1ccc(C(=O)N2CCN(c3ccc(C(F)(F)F)c[nH+]3)CC2)c(C)c1. The van der Waals surface area contributed by atoms with Gasteiger partial charge in [-0.25, -0.2) is 4.98 Å². The molecule has 1 aliphatic rings. The van der Waals surface area contributed by atoms with Crippen molar-refractivity contribution in [1.82, 2.24) is 4.90 Å². The number of piperazine rings is 1. The van der Waals surface area contributed by atoms with E-state index in [0.717, 1.165) is 23.4 Å². The number of H-pyrrole nitrogens is 1. The molecule has 1 N–H and O–H groups in total. The van der Waals surface area contributed by atoms with E-state index in [4.69, 9.17) is 0 Å². The Morgan fingerprint density at radius 3 is 2.27 bits per heavy atom. The maximum Gasteiger partial charge on any atom is 0.419 e. The highest BCUT2D eigenvalue weighted by Crippen LogP contribution is 2.28. The molecule has 1 aromatic heterocycles. The number of amides is 1. The number of hydrogen-bond acceptors (Lipinski definition) is 2. The van der Waals surface area contributed by atoms with Gasteiger partial charge in [-0.05, 0) is 31.5 Å². The van der Waals surface area contributed by atoms with Gasteiger partial charge in [0, 0.05) is 11.6 Å². The third-order valence-electron chi connectivity index (χ3n) is 4.64. The molecule has 0 saturated carbocycles. The van der Waals surface area contributed by atoms with Crippen LogP contribution in [0.2, 0.25) is 0 Å². The molecule has 0 bridgehead atoms. The quantitative estimate of drug-likeness (QED) is 0.821. The summed E-state index contributed by atoms with van der Waals surface area (Å²) < 4.78 is 37.9. The van der Waals surface area contributed by atoms with E-state index >= 15 is 0 Å². The maximum atomic E-state index is 12.7. The predicted octanol–water partition coefficient (Wildman–Crippen LogP) is 3.10. The van der Waals surface area contributed by atoms with Gasteiger partial charge in [-0.15, -0.1) is 0 Å². The van der Waals surface area contributed by atoms with Gasteiger partial charge in [-0.2, -0.15) is 13.2 Å². The Morgan fingerprint density at radius 1 is 1.04 bits per heavy atom. The summed E-state index contributed by atoms with van der Waals surface area (Å²) in [5, 5.41) is 0. The number of nitrogens with zero attached hydrogens (tertiary/aromatic N) is 2. The highest BCUT2D eigenvalue weighted by atomic mass is 19.4. The zero-order chi connectivity index (χ0) is 18.9. The molecule has 2 heterocycles. The van der Waals surface area contributed by atoms with Gasteiger partial charge in [0.25, 0.3) is 11.7 Å². The Labute approximate surface area is 150 Å². The fourth-order valence-electron chi connectivity index (χ4n) is 3.16. The normalized spacial score (nSPS) is 15.3. The fraction of sp³-hybridized carbons (Fsp3) is 0.368. The third kappa shape index (κ3) is 3.81. The van der Waals surface area contributed by atoms with Gasteiger partial charge in [0.15, 0.2) is 0 Å². The van der Waals surface area contributed by atoms with Crippen molar-refractivity contribution in [2.45, 2.75) is 20.0 Å². The minimum Gasteiger partial charge on any atom is -0.331 e. The number of aromatic amines is 1. The molecule has 0 unspecified atom stereocenters. The van der Waals surface area contributed by atoms with Gasteiger partial charge in [-0.3, -0.25) is 9.69 Å². The van der Waals surface area contributed by atoms with Crippen LogP contribution in [0.5, 0.6) is 0 Å². The first-order chi connectivity index (χ1) is 12.3. The number of aromatic nitrogens is 1. The molecule has 1 aliphatic heterocycles. The van der Waals surface area contributed by atoms with Gasteiger partial charge in [0.2, 0.25) is 0 Å². The van der Waals surface area contributed by atoms with Crippen LogP contribution in [0.3, 0.4) is 0 Å². The lowest BCUT2D eigenvalue weighted by atomic mass is 10.0. The summed E-state index contributed by atoms with van der Waals surface area (Å²) >= 11 is 0. The molecular formula is C19H21F3N3O+. The lowest BCUT2D eigenvalue weighted by Crippen LogP contribution is -2.50. The summed E-state index contributed by atoms with van der Waals surface area (Å²) in [7, 11) is 0. The van der Waals surface area contributed by atoms with Crippen LogP contribution in [-0.4, -0.2) is 37.0 Å². The van der Waals surface area contributed by atoms with Crippen molar-refractivity contribution in [3.05, 3.63) is 58.8 Å². The van der Waals surface area contributed by atoms with Gasteiger partial charge in [-0.1, -0.05) is 17.7 Å². The molecule has 0 radical (unpaired) electrons. The van der Waals surface area contributed by atoms with Crippen LogP contribution in [0.4, 0.5) is 19.0 Å². The Balaban J connectivity index is 1.64. The summed E-state index contributed by atoms with van der Waals surface area (Å²) in [6, 6.07) is 8.26. The zero-order valence-electron chi connectivity index (χ0n) is 14.7.